The molecule has 0 aromatic heterocycles. The summed E-state index contributed by atoms with van der Waals surface area (Å²) in [6.45, 7) is 5.15. The van der Waals surface area contributed by atoms with Crippen molar-refractivity contribution in [3.63, 3.8) is 0 Å². The van der Waals surface area contributed by atoms with Crippen molar-refractivity contribution >= 4 is 37.6 Å². The number of halogens is 2. The second-order valence-corrected chi connectivity index (χ2v) is 8.43. The summed E-state index contributed by atoms with van der Waals surface area (Å²) in [5, 5.41) is 3.74. The molecule has 7 heteroatoms. The van der Waals surface area contributed by atoms with Gasteiger partial charge in [-0.3, -0.25) is 0 Å². The van der Waals surface area contributed by atoms with Gasteiger partial charge in [0, 0.05) is 17.6 Å². The van der Waals surface area contributed by atoms with E-state index in [9.17, 15) is 8.42 Å². The molecule has 0 atom stereocenters. The Balaban J connectivity index is 2.06. The first-order chi connectivity index (χ1) is 9.95. The molecule has 1 fully saturated rings. The van der Waals surface area contributed by atoms with Crippen molar-refractivity contribution in [1.82, 2.24) is 9.62 Å². The Hall–Kier alpha value is -0.140. The first-order valence-corrected chi connectivity index (χ1v) is 9.72. The molecule has 0 amide bonds. The van der Waals surface area contributed by atoms with Gasteiger partial charge in [0.05, 0.1) is 9.92 Å². The molecule has 0 unspecified atom stereocenters. The summed E-state index contributed by atoms with van der Waals surface area (Å²) >= 11 is 9.28. The van der Waals surface area contributed by atoms with Crippen LogP contribution in [0.1, 0.15) is 19.8 Å². The average molecular weight is 396 g/mol. The topological polar surface area (TPSA) is 49.4 Å². The van der Waals surface area contributed by atoms with Crippen molar-refractivity contribution in [1.29, 1.82) is 0 Å². The number of benzene rings is 1. The Morgan fingerprint density at radius 2 is 2.05 bits per heavy atom. The van der Waals surface area contributed by atoms with Gasteiger partial charge < -0.3 is 5.32 Å². The molecule has 0 bridgehead atoms. The zero-order valence-corrected chi connectivity index (χ0v) is 15.1. The molecule has 2 rings (SSSR count). The van der Waals surface area contributed by atoms with E-state index >= 15 is 0 Å². The highest BCUT2D eigenvalue weighted by Crippen LogP contribution is 2.28. The minimum Gasteiger partial charge on any atom is -0.317 e. The van der Waals surface area contributed by atoms with Crippen LogP contribution < -0.4 is 5.32 Å². The van der Waals surface area contributed by atoms with Gasteiger partial charge in [-0.2, -0.15) is 4.31 Å². The van der Waals surface area contributed by atoms with Crippen molar-refractivity contribution in [2.24, 2.45) is 5.92 Å². The van der Waals surface area contributed by atoms with Gasteiger partial charge >= 0.3 is 0 Å². The van der Waals surface area contributed by atoms with Crippen LogP contribution >= 0.6 is 27.5 Å². The maximum Gasteiger partial charge on any atom is 0.243 e. The second-order valence-electron chi connectivity index (χ2n) is 5.23. The van der Waals surface area contributed by atoms with E-state index in [0.29, 0.717) is 28.5 Å². The molecule has 118 valence electrons. The van der Waals surface area contributed by atoms with E-state index in [1.165, 1.54) is 6.07 Å². The number of hydrogen-bond donors (Lipinski definition) is 1. The summed E-state index contributed by atoms with van der Waals surface area (Å²) in [6.07, 6.45) is 1.80. The summed E-state index contributed by atoms with van der Waals surface area (Å²) in [5.41, 5.74) is 0. The van der Waals surface area contributed by atoms with Gasteiger partial charge in [-0.05, 0) is 66.0 Å². The van der Waals surface area contributed by atoms with Crippen molar-refractivity contribution < 1.29 is 8.42 Å². The standard InChI is InChI=1S/C14H20BrClN2O2S/c1-2-17-10-11-5-7-18(8-6-11)21(19,20)12-3-4-13(15)14(16)9-12/h3-4,9,11,17H,2,5-8,10H2,1H3. The number of nitrogens with one attached hydrogen (secondary N) is 1. The maximum absolute atomic E-state index is 12.6. The molecule has 0 aliphatic carbocycles. The number of hydrogen-bond acceptors (Lipinski definition) is 3. The van der Waals surface area contributed by atoms with Crippen LogP contribution in [0.5, 0.6) is 0 Å². The van der Waals surface area contributed by atoms with Crippen molar-refractivity contribution in [3.05, 3.63) is 27.7 Å². The fraction of sp³-hybridized carbons (Fsp3) is 0.571. The van der Waals surface area contributed by atoms with Crippen molar-refractivity contribution in [2.75, 3.05) is 26.2 Å². The van der Waals surface area contributed by atoms with E-state index in [2.05, 4.69) is 28.2 Å². The van der Waals surface area contributed by atoms with Crippen LogP contribution in [0.3, 0.4) is 0 Å². The van der Waals surface area contributed by atoms with Gasteiger partial charge in [0.2, 0.25) is 10.0 Å². The number of piperidine rings is 1. The molecule has 0 radical (unpaired) electrons. The molecular formula is C14H20BrClN2O2S. The monoisotopic (exact) mass is 394 g/mol. The third-order valence-corrected chi connectivity index (χ3v) is 6.91. The molecule has 1 aliphatic heterocycles. The quantitative estimate of drug-likeness (QED) is 0.833. The predicted molar refractivity (Wildman–Crippen MR) is 89.2 cm³/mol. The lowest BCUT2D eigenvalue weighted by Gasteiger charge is -2.31. The number of nitrogens with zero attached hydrogens (tertiary/aromatic N) is 1. The summed E-state index contributed by atoms with van der Waals surface area (Å²) in [4.78, 5) is 0.265. The molecule has 21 heavy (non-hydrogen) atoms. The lowest BCUT2D eigenvalue weighted by molar-refractivity contribution is 0.268. The molecule has 1 saturated heterocycles. The predicted octanol–water partition coefficient (Wildman–Crippen LogP) is 3.11. The molecule has 1 aromatic carbocycles. The first kappa shape index (κ1) is 17.2. The molecular weight excluding hydrogens is 376 g/mol. The Kier molecular flexibility index (Phi) is 6.08. The lowest BCUT2D eigenvalue weighted by Crippen LogP contribution is -2.40. The van der Waals surface area contributed by atoms with E-state index < -0.39 is 10.0 Å². The van der Waals surface area contributed by atoms with Gasteiger partial charge in [-0.15, -0.1) is 0 Å². The van der Waals surface area contributed by atoms with E-state index in [4.69, 9.17) is 11.6 Å². The van der Waals surface area contributed by atoms with Gasteiger partial charge in [0.1, 0.15) is 0 Å². The van der Waals surface area contributed by atoms with E-state index in [-0.39, 0.29) is 4.90 Å². The minimum absolute atomic E-state index is 0.265. The highest BCUT2D eigenvalue weighted by molar-refractivity contribution is 9.10. The fourth-order valence-electron chi connectivity index (χ4n) is 2.49. The second kappa shape index (κ2) is 7.42. The maximum atomic E-state index is 12.6. The number of sulfonamides is 1. The van der Waals surface area contributed by atoms with Gasteiger partial charge in [0.15, 0.2) is 0 Å². The SMILES string of the molecule is CCNCC1CCN(S(=O)(=O)c2ccc(Br)c(Cl)c2)CC1. The third kappa shape index (κ3) is 4.20. The lowest BCUT2D eigenvalue weighted by atomic mass is 9.98. The van der Waals surface area contributed by atoms with Crippen LogP contribution in [0.4, 0.5) is 0 Å². The third-order valence-electron chi connectivity index (χ3n) is 3.79. The molecule has 0 spiro atoms. The molecule has 1 aromatic rings. The highest BCUT2D eigenvalue weighted by Gasteiger charge is 2.29. The fourth-order valence-corrected chi connectivity index (χ4v) is 4.48. The van der Waals surface area contributed by atoms with Gasteiger partial charge in [-0.1, -0.05) is 18.5 Å². The largest absolute Gasteiger partial charge is 0.317 e. The van der Waals surface area contributed by atoms with Crippen LogP contribution in [0.2, 0.25) is 5.02 Å². The van der Waals surface area contributed by atoms with Crippen LogP contribution in [-0.4, -0.2) is 38.9 Å². The van der Waals surface area contributed by atoms with E-state index in [1.54, 1.807) is 16.4 Å². The summed E-state index contributed by atoms with van der Waals surface area (Å²) in [6, 6.07) is 4.77. The zero-order chi connectivity index (χ0) is 15.5. The Morgan fingerprint density at radius 3 is 2.62 bits per heavy atom. The van der Waals surface area contributed by atoms with Crippen molar-refractivity contribution in [3.8, 4) is 0 Å². The van der Waals surface area contributed by atoms with E-state index in [0.717, 1.165) is 25.9 Å². The molecule has 1 N–H and O–H groups in total. The zero-order valence-electron chi connectivity index (χ0n) is 12.0. The highest BCUT2D eigenvalue weighted by atomic mass is 79.9. The van der Waals surface area contributed by atoms with Crippen LogP contribution in [0.15, 0.2) is 27.6 Å². The molecule has 0 saturated carbocycles. The van der Waals surface area contributed by atoms with Gasteiger partial charge in [0.25, 0.3) is 0 Å². The minimum atomic E-state index is -3.44. The molecule has 4 nitrogen and oxygen atoms in total. The summed E-state index contributed by atoms with van der Waals surface area (Å²) in [5.74, 6) is 0.560. The Labute approximate surface area is 140 Å². The van der Waals surface area contributed by atoms with Crippen LogP contribution in [0, 0.1) is 5.92 Å². The Bertz CT molecular complexity index is 587. The average Bonchev–Trinajstić information content (AvgIpc) is 2.48. The normalized spacial score (nSPS) is 18.0. The molecule has 1 aliphatic rings. The van der Waals surface area contributed by atoms with Crippen LogP contribution in [0.25, 0.3) is 0 Å². The first-order valence-electron chi connectivity index (χ1n) is 7.11. The summed E-state index contributed by atoms with van der Waals surface area (Å²) < 4.78 is 27.5. The van der Waals surface area contributed by atoms with E-state index in [1.807, 2.05) is 0 Å². The molecule has 1 heterocycles. The van der Waals surface area contributed by atoms with Gasteiger partial charge in [-0.25, -0.2) is 8.42 Å². The Morgan fingerprint density at radius 1 is 1.38 bits per heavy atom. The van der Waals surface area contributed by atoms with Crippen LogP contribution in [-0.2, 0) is 10.0 Å². The number of rotatable bonds is 5. The smallest absolute Gasteiger partial charge is 0.243 e. The van der Waals surface area contributed by atoms with Crippen molar-refractivity contribution in [2.45, 2.75) is 24.7 Å². The summed E-state index contributed by atoms with van der Waals surface area (Å²) in [7, 11) is -3.44.